The smallest absolute Gasteiger partial charge is 0.0754 e. The number of ether oxygens (including phenoxy) is 1. The van der Waals surface area contributed by atoms with Crippen LogP contribution in [0.25, 0.3) is 0 Å². The molecule has 2 unspecified atom stereocenters. The first-order chi connectivity index (χ1) is 6.99. The minimum Gasteiger partial charge on any atom is -0.374 e. The molecule has 4 heteroatoms. The average molecular weight is 354 g/mol. The Kier molecular flexibility index (Phi) is 3.61. The molecule has 0 saturated carbocycles. The molecular formula is C11H14Br2OS. The highest BCUT2D eigenvalue weighted by Crippen LogP contribution is 2.38. The van der Waals surface area contributed by atoms with Crippen LogP contribution in [0, 0.1) is 5.92 Å². The van der Waals surface area contributed by atoms with Crippen LogP contribution in [0.2, 0.25) is 0 Å². The molecule has 15 heavy (non-hydrogen) atoms. The van der Waals surface area contributed by atoms with Gasteiger partial charge in [-0.25, -0.2) is 0 Å². The fraction of sp³-hybridized carbons (Fsp3) is 0.636. The van der Waals surface area contributed by atoms with Crippen LogP contribution >= 0.6 is 43.2 Å². The molecule has 0 radical (unpaired) electrons. The number of rotatable bonds is 2. The lowest BCUT2D eigenvalue weighted by Gasteiger charge is -2.22. The second-order valence-electron chi connectivity index (χ2n) is 4.51. The van der Waals surface area contributed by atoms with E-state index in [1.165, 1.54) is 9.35 Å². The zero-order valence-corrected chi connectivity index (χ0v) is 12.8. The van der Waals surface area contributed by atoms with Gasteiger partial charge in [-0.2, -0.15) is 0 Å². The summed E-state index contributed by atoms with van der Waals surface area (Å²) < 4.78 is 6.98. The molecule has 1 aliphatic rings. The SMILES string of the molecule is CC1(C)OCC(Cc2cc(Br)cs2)C1Br. The Bertz CT molecular complexity index is 348. The van der Waals surface area contributed by atoms with E-state index in [0.29, 0.717) is 10.7 Å². The number of alkyl halides is 1. The molecule has 1 aromatic rings. The standard InChI is InChI=1S/C11H14Br2OS/c1-11(2)10(13)7(5-14-11)3-9-4-8(12)6-15-9/h4,6-7,10H,3,5H2,1-2H3. The third kappa shape index (κ3) is 2.65. The van der Waals surface area contributed by atoms with E-state index in [4.69, 9.17) is 4.74 Å². The fourth-order valence-corrected chi connectivity index (χ4v) is 3.95. The van der Waals surface area contributed by atoms with Crippen molar-refractivity contribution in [3.63, 3.8) is 0 Å². The molecule has 2 heterocycles. The van der Waals surface area contributed by atoms with Crippen molar-refractivity contribution in [3.05, 3.63) is 20.8 Å². The Morgan fingerprint density at radius 1 is 1.60 bits per heavy atom. The second kappa shape index (κ2) is 4.47. The first kappa shape index (κ1) is 12.1. The molecular weight excluding hydrogens is 340 g/mol. The van der Waals surface area contributed by atoms with Gasteiger partial charge in [-0.15, -0.1) is 11.3 Å². The van der Waals surface area contributed by atoms with Gasteiger partial charge in [0.25, 0.3) is 0 Å². The lowest BCUT2D eigenvalue weighted by molar-refractivity contribution is 0.0381. The highest BCUT2D eigenvalue weighted by molar-refractivity contribution is 9.10. The molecule has 0 aromatic carbocycles. The van der Waals surface area contributed by atoms with Crippen molar-refractivity contribution in [2.24, 2.45) is 5.92 Å². The zero-order valence-electron chi connectivity index (χ0n) is 8.80. The van der Waals surface area contributed by atoms with Crippen LogP contribution in [-0.2, 0) is 11.2 Å². The Morgan fingerprint density at radius 3 is 2.80 bits per heavy atom. The van der Waals surface area contributed by atoms with Crippen LogP contribution in [0.1, 0.15) is 18.7 Å². The van der Waals surface area contributed by atoms with Gasteiger partial charge in [-0.1, -0.05) is 15.9 Å². The maximum Gasteiger partial charge on any atom is 0.0754 e. The second-order valence-corrected chi connectivity index (χ2v) is 7.41. The topological polar surface area (TPSA) is 9.23 Å². The van der Waals surface area contributed by atoms with Gasteiger partial charge in [0.05, 0.1) is 12.2 Å². The molecule has 1 nitrogen and oxygen atoms in total. The van der Waals surface area contributed by atoms with Crippen molar-refractivity contribution in [3.8, 4) is 0 Å². The molecule has 0 bridgehead atoms. The highest BCUT2D eigenvalue weighted by atomic mass is 79.9. The predicted molar refractivity (Wildman–Crippen MR) is 72.0 cm³/mol. The molecule has 1 fully saturated rings. The Labute approximate surface area is 111 Å². The van der Waals surface area contributed by atoms with Crippen LogP contribution in [0.4, 0.5) is 0 Å². The summed E-state index contributed by atoms with van der Waals surface area (Å²) >= 11 is 9.06. The molecule has 84 valence electrons. The van der Waals surface area contributed by atoms with Crippen molar-refractivity contribution < 1.29 is 4.74 Å². The third-order valence-corrected chi connectivity index (χ3v) is 6.40. The van der Waals surface area contributed by atoms with Crippen molar-refractivity contribution in [2.45, 2.75) is 30.7 Å². The quantitative estimate of drug-likeness (QED) is 0.722. The molecule has 0 aliphatic carbocycles. The van der Waals surface area contributed by atoms with Crippen molar-refractivity contribution >= 4 is 43.2 Å². The fourth-order valence-electron chi connectivity index (χ4n) is 1.94. The van der Waals surface area contributed by atoms with E-state index < -0.39 is 0 Å². The van der Waals surface area contributed by atoms with Crippen molar-refractivity contribution in [1.82, 2.24) is 0 Å². The van der Waals surface area contributed by atoms with Crippen LogP contribution in [-0.4, -0.2) is 17.0 Å². The van der Waals surface area contributed by atoms with Gasteiger partial charge in [-0.3, -0.25) is 0 Å². The first-order valence-corrected chi connectivity index (χ1v) is 7.59. The molecule has 0 N–H and O–H groups in total. The summed E-state index contributed by atoms with van der Waals surface area (Å²) in [6.45, 7) is 5.16. The van der Waals surface area contributed by atoms with Gasteiger partial charge < -0.3 is 4.74 Å². The van der Waals surface area contributed by atoms with E-state index in [0.717, 1.165) is 13.0 Å². The number of hydrogen-bond donors (Lipinski definition) is 0. The minimum absolute atomic E-state index is 0.0286. The number of halogens is 2. The van der Waals surface area contributed by atoms with Gasteiger partial charge in [-0.05, 0) is 42.3 Å². The molecule has 0 spiro atoms. The number of thiophene rings is 1. The minimum atomic E-state index is -0.0286. The predicted octanol–water partition coefficient (Wildman–Crippen LogP) is 4.24. The number of hydrogen-bond acceptors (Lipinski definition) is 2. The molecule has 2 atom stereocenters. The van der Waals surface area contributed by atoms with E-state index in [-0.39, 0.29) is 5.60 Å². The summed E-state index contributed by atoms with van der Waals surface area (Å²) in [4.78, 5) is 1.88. The largest absolute Gasteiger partial charge is 0.374 e. The molecule has 0 amide bonds. The lowest BCUT2D eigenvalue weighted by Crippen LogP contribution is -2.30. The van der Waals surface area contributed by atoms with Crippen molar-refractivity contribution in [1.29, 1.82) is 0 Å². The van der Waals surface area contributed by atoms with E-state index in [9.17, 15) is 0 Å². The maximum absolute atomic E-state index is 5.79. The van der Waals surface area contributed by atoms with Gasteiger partial charge >= 0.3 is 0 Å². The maximum atomic E-state index is 5.79. The highest BCUT2D eigenvalue weighted by Gasteiger charge is 2.41. The van der Waals surface area contributed by atoms with Crippen LogP contribution in [0.15, 0.2) is 15.9 Å². The summed E-state index contributed by atoms with van der Waals surface area (Å²) in [5.41, 5.74) is -0.0286. The normalized spacial score (nSPS) is 29.6. The molecule has 1 saturated heterocycles. The summed E-state index contributed by atoms with van der Waals surface area (Å²) in [5, 5.41) is 2.14. The zero-order chi connectivity index (χ0) is 11.1. The Morgan fingerprint density at radius 2 is 2.33 bits per heavy atom. The molecule has 1 aliphatic heterocycles. The van der Waals surface area contributed by atoms with Gasteiger partial charge in [0.15, 0.2) is 0 Å². The molecule has 2 rings (SSSR count). The monoisotopic (exact) mass is 352 g/mol. The Hall–Kier alpha value is 0.620. The van der Waals surface area contributed by atoms with E-state index in [1.807, 2.05) is 11.3 Å². The van der Waals surface area contributed by atoms with E-state index in [2.05, 4.69) is 57.2 Å². The van der Waals surface area contributed by atoms with Crippen molar-refractivity contribution in [2.75, 3.05) is 6.61 Å². The lowest BCUT2D eigenvalue weighted by atomic mass is 9.94. The van der Waals surface area contributed by atoms with E-state index in [1.54, 1.807) is 0 Å². The van der Waals surface area contributed by atoms with Crippen LogP contribution < -0.4 is 0 Å². The first-order valence-electron chi connectivity index (χ1n) is 5.00. The summed E-state index contributed by atoms with van der Waals surface area (Å²) in [6, 6.07) is 2.20. The van der Waals surface area contributed by atoms with Crippen LogP contribution in [0.5, 0.6) is 0 Å². The van der Waals surface area contributed by atoms with Gasteiger partial charge in [0.1, 0.15) is 0 Å². The van der Waals surface area contributed by atoms with Crippen LogP contribution in [0.3, 0.4) is 0 Å². The summed E-state index contributed by atoms with van der Waals surface area (Å²) in [5.74, 6) is 0.588. The summed E-state index contributed by atoms with van der Waals surface area (Å²) in [6.07, 6.45) is 1.11. The third-order valence-electron chi connectivity index (χ3n) is 2.83. The van der Waals surface area contributed by atoms with Gasteiger partial charge in [0.2, 0.25) is 0 Å². The van der Waals surface area contributed by atoms with Gasteiger partial charge in [0, 0.05) is 25.5 Å². The Balaban J connectivity index is 2.02. The average Bonchev–Trinajstić information content (AvgIpc) is 2.66. The van der Waals surface area contributed by atoms with E-state index >= 15 is 0 Å². The molecule has 1 aromatic heterocycles. The summed E-state index contributed by atoms with van der Waals surface area (Å²) in [7, 11) is 0.